The predicted molar refractivity (Wildman–Crippen MR) is 71.8 cm³/mol. The number of hydrogen-bond donors (Lipinski definition) is 1. The van der Waals surface area contributed by atoms with Crippen LogP contribution in [0.15, 0.2) is 12.1 Å². The van der Waals surface area contributed by atoms with Gasteiger partial charge in [0.1, 0.15) is 5.82 Å². The van der Waals surface area contributed by atoms with Crippen LogP contribution in [0.2, 0.25) is 0 Å². The monoisotopic (exact) mass is 254 g/mol. The van der Waals surface area contributed by atoms with Crippen LogP contribution in [-0.4, -0.2) is 36.6 Å². The Morgan fingerprint density at radius 3 is 2.88 bits per heavy atom. The molecule has 0 bridgehead atoms. The van der Waals surface area contributed by atoms with Crippen LogP contribution in [0, 0.1) is 6.92 Å². The summed E-state index contributed by atoms with van der Waals surface area (Å²) in [6, 6.07) is 3.55. The van der Waals surface area contributed by atoms with Gasteiger partial charge in [0.2, 0.25) is 0 Å². The third kappa shape index (κ3) is 4.26. The second-order valence-corrected chi connectivity index (χ2v) is 4.58. The van der Waals surface area contributed by atoms with Gasteiger partial charge < -0.3 is 10.1 Å². The molecule has 0 fully saturated rings. The Morgan fingerprint density at radius 2 is 2.29 bits per heavy atom. The topological polar surface area (TPSA) is 51.2 Å². The van der Waals surface area contributed by atoms with E-state index in [1.807, 2.05) is 11.8 Å². The zero-order valence-electron chi connectivity index (χ0n) is 10.4. The van der Waals surface area contributed by atoms with E-state index >= 15 is 0 Å². The van der Waals surface area contributed by atoms with Gasteiger partial charge in [-0.25, -0.2) is 9.78 Å². The lowest BCUT2D eigenvalue weighted by atomic mass is 10.2. The fraction of sp³-hybridized carbons (Fsp3) is 0.500. The third-order valence-corrected chi connectivity index (χ3v) is 3.02. The zero-order chi connectivity index (χ0) is 12.7. The van der Waals surface area contributed by atoms with Crippen LogP contribution in [0.5, 0.6) is 0 Å². The minimum absolute atomic E-state index is 0.344. The molecule has 0 saturated carbocycles. The summed E-state index contributed by atoms with van der Waals surface area (Å²) in [5.41, 5.74) is 1.20. The van der Waals surface area contributed by atoms with Gasteiger partial charge in [-0.2, -0.15) is 11.8 Å². The van der Waals surface area contributed by atoms with Gasteiger partial charge in [-0.1, -0.05) is 0 Å². The van der Waals surface area contributed by atoms with E-state index < -0.39 is 0 Å². The van der Waals surface area contributed by atoms with Crippen molar-refractivity contribution >= 4 is 23.5 Å². The molecule has 0 aliphatic carbocycles. The Morgan fingerprint density at radius 1 is 1.53 bits per heavy atom. The van der Waals surface area contributed by atoms with Crippen LogP contribution < -0.4 is 5.32 Å². The molecule has 0 aliphatic heterocycles. The zero-order valence-corrected chi connectivity index (χ0v) is 11.3. The van der Waals surface area contributed by atoms with Crippen molar-refractivity contribution in [2.45, 2.75) is 13.3 Å². The highest BCUT2D eigenvalue weighted by molar-refractivity contribution is 7.98. The standard InChI is InChI=1S/C12H18N2O2S/c1-9-10(12(15)16-2)5-6-11(14-9)13-7-4-8-17-3/h5-6H,4,7-8H2,1-3H3,(H,13,14). The summed E-state index contributed by atoms with van der Waals surface area (Å²) in [4.78, 5) is 15.7. The Hall–Kier alpha value is -1.23. The summed E-state index contributed by atoms with van der Waals surface area (Å²) in [6.07, 6.45) is 3.19. The number of nitrogens with zero attached hydrogens (tertiary/aromatic N) is 1. The number of aromatic nitrogens is 1. The molecular formula is C12H18N2O2S. The quantitative estimate of drug-likeness (QED) is 0.624. The Labute approximate surface area is 106 Å². The summed E-state index contributed by atoms with van der Waals surface area (Å²) in [7, 11) is 1.37. The fourth-order valence-electron chi connectivity index (χ4n) is 1.42. The van der Waals surface area contributed by atoms with Crippen molar-refractivity contribution in [3.63, 3.8) is 0 Å². The molecule has 0 spiro atoms. The molecule has 94 valence electrons. The van der Waals surface area contributed by atoms with Crippen molar-refractivity contribution in [2.24, 2.45) is 0 Å². The van der Waals surface area contributed by atoms with Crippen LogP contribution >= 0.6 is 11.8 Å². The van der Waals surface area contributed by atoms with Crippen molar-refractivity contribution in [3.05, 3.63) is 23.4 Å². The van der Waals surface area contributed by atoms with E-state index in [-0.39, 0.29) is 5.97 Å². The molecule has 0 amide bonds. The number of aryl methyl sites for hydroxylation is 1. The van der Waals surface area contributed by atoms with Gasteiger partial charge in [-0.3, -0.25) is 0 Å². The van der Waals surface area contributed by atoms with Crippen LogP contribution in [0.3, 0.4) is 0 Å². The van der Waals surface area contributed by atoms with Gasteiger partial charge in [0.25, 0.3) is 0 Å². The number of methoxy groups -OCH3 is 1. The molecule has 1 heterocycles. The maximum Gasteiger partial charge on any atom is 0.339 e. The second kappa shape index (κ2) is 7.17. The van der Waals surface area contributed by atoms with Crippen LogP contribution in [0.1, 0.15) is 22.5 Å². The number of thioether (sulfide) groups is 1. The molecule has 1 aromatic rings. The smallest absolute Gasteiger partial charge is 0.339 e. The van der Waals surface area contributed by atoms with Crippen molar-refractivity contribution in [1.29, 1.82) is 0 Å². The molecule has 1 N–H and O–H groups in total. The number of anilines is 1. The first-order valence-electron chi connectivity index (χ1n) is 5.47. The van der Waals surface area contributed by atoms with Crippen molar-refractivity contribution < 1.29 is 9.53 Å². The molecular weight excluding hydrogens is 236 g/mol. The lowest BCUT2D eigenvalue weighted by molar-refractivity contribution is 0.0599. The predicted octanol–water partition coefficient (Wildman–Crippen LogP) is 2.34. The van der Waals surface area contributed by atoms with Crippen molar-refractivity contribution in [3.8, 4) is 0 Å². The number of hydrogen-bond acceptors (Lipinski definition) is 5. The first-order valence-corrected chi connectivity index (χ1v) is 6.87. The molecule has 0 atom stereocenters. The van der Waals surface area contributed by atoms with E-state index in [0.29, 0.717) is 11.3 Å². The Balaban J connectivity index is 2.59. The molecule has 1 rings (SSSR count). The van der Waals surface area contributed by atoms with E-state index in [1.165, 1.54) is 7.11 Å². The summed E-state index contributed by atoms with van der Waals surface area (Å²) >= 11 is 1.83. The second-order valence-electron chi connectivity index (χ2n) is 3.59. The van der Waals surface area contributed by atoms with E-state index in [4.69, 9.17) is 0 Å². The first-order chi connectivity index (χ1) is 8.19. The molecule has 4 nitrogen and oxygen atoms in total. The number of ether oxygens (including phenoxy) is 1. The third-order valence-electron chi connectivity index (χ3n) is 2.32. The van der Waals surface area contributed by atoms with Crippen LogP contribution in [0.4, 0.5) is 5.82 Å². The average Bonchev–Trinajstić information content (AvgIpc) is 2.34. The Bertz CT molecular complexity index is 383. The molecule has 0 unspecified atom stereocenters. The fourth-order valence-corrected chi connectivity index (χ4v) is 1.85. The number of rotatable bonds is 6. The maximum atomic E-state index is 11.4. The number of carbonyl (C=O) groups excluding carboxylic acids is 1. The minimum Gasteiger partial charge on any atom is -0.465 e. The average molecular weight is 254 g/mol. The number of carbonyl (C=O) groups is 1. The van der Waals surface area contributed by atoms with E-state index in [1.54, 1.807) is 19.1 Å². The number of esters is 1. The van der Waals surface area contributed by atoms with Crippen molar-refractivity contribution in [1.82, 2.24) is 4.98 Å². The normalized spacial score (nSPS) is 10.1. The minimum atomic E-state index is -0.344. The molecule has 0 aromatic carbocycles. The van der Waals surface area contributed by atoms with Gasteiger partial charge in [-0.15, -0.1) is 0 Å². The van der Waals surface area contributed by atoms with Crippen LogP contribution in [0.25, 0.3) is 0 Å². The van der Waals surface area contributed by atoms with Crippen molar-refractivity contribution in [2.75, 3.05) is 31.0 Å². The molecule has 17 heavy (non-hydrogen) atoms. The SMILES string of the molecule is COC(=O)c1ccc(NCCCSC)nc1C. The van der Waals surface area contributed by atoms with Gasteiger partial charge in [0.05, 0.1) is 18.4 Å². The van der Waals surface area contributed by atoms with E-state index in [2.05, 4.69) is 21.3 Å². The highest BCUT2D eigenvalue weighted by atomic mass is 32.2. The Kier molecular flexibility index (Phi) is 5.83. The number of nitrogens with one attached hydrogen (secondary N) is 1. The molecule has 0 aliphatic rings. The molecule has 0 radical (unpaired) electrons. The highest BCUT2D eigenvalue weighted by Crippen LogP contribution is 2.11. The first kappa shape index (κ1) is 13.8. The van der Waals surface area contributed by atoms with E-state index in [0.717, 1.165) is 24.5 Å². The molecule has 1 aromatic heterocycles. The highest BCUT2D eigenvalue weighted by Gasteiger charge is 2.10. The summed E-state index contributed by atoms with van der Waals surface area (Å²) in [5, 5.41) is 3.23. The molecule has 5 heteroatoms. The molecule has 0 saturated heterocycles. The van der Waals surface area contributed by atoms with Gasteiger partial charge in [0, 0.05) is 6.54 Å². The van der Waals surface area contributed by atoms with Crippen LogP contribution in [-0.2, 0) is 4.74 Å². The lowest BCUT2D eigenvalue weighted by Gasteiger charge is -2.08. The largest absolute Gasteiger partial charge is 0.465 e. The number of pyridine rings is 1. The summed E-state index contributed by atoms with van der Waals surface area (Å²) < 4.78 is 4.67. The maximum absolute atomic E-state index is 11.4. The summed E-state index contributed by atoms with van der Waals surface area (Å²) in [5.74, 6) is 1.59. The van der Waals surface area contributed by atoms with Gasteiger partial charge in [0.15, 0.2) is 0 Å². The van der Waals surface area contributed by atoms with Gasteiger partial charge in [-0.05, 0) is 37.5 Å². The summed E-state index contributed by atoms with van der Waals surface area (Å²) in [6.45, 7) is 2.70. The van der Waals surface area contributed by atoms with Gasteiger partial charge >= 0.3 is 5.97 Å². The lowest BCUT2D eigenvalue weighted by Crippen LogP contribution is -2.09. The van der Waals surface area contributed by atoms with E-state index in [9.17, 15) is 4.79 Å².